The van der Waals surface area contributed by atoms with Gasteiger partial charge in [-0.2, -0.15) is 0 Å². The van der Waals surface area contributed by atoms with E-state index >= 15 is 0 Å². The van der Waals surface area contributed by atoms with Crippen LogP contribution >= 0.6 is 0 Å². The zero-order valence-corrected chi connectivity index (χ0v) is 11.9. The maximum absolute atomic E-state index is 6.48. The summed E-state index contributed by atoms with van der Waals surface area (Å²) in [5, 5.41) is 0. The Hall–Kier alpha value is -0.160. The minimum Gasteiger partial charge on any atom is -0.378 e. The first-order chi connectivity index (χ1) is 8.55. The quantitative estimate of drug-likeness (QED) is 0.833. The Morgan fingerprint density at radius 1 is 1.50 bits per heavy atom. The Bertz CT molecular complexity index is 272. The van der Waals surface area contributed by atoms with Crippen molar-refractivity contribution < 1.29 is 14.2 Å². The molecule has 0 aromatic rings. The van der Waals surface area contributed by atoms with Crippen LogP contribution in [0.15, 0.2) is 0 Å². The lowest BCUT2D eigenvalue weighted by Gasteiger charge is -2.44. The molecule has 0 aliphatic carbocycles. The molecule has 0 aromatic heterocycles. The normalized spacial score (nSPS) is 37.7. The molecule has 4 nitrogen and oxygen atoms in total. The molecule has 4 atom stereocenters. The number of nitrogens with two attached hydrogens (primary N) is 1. The van der Waals surface area contributed by atoms with Gasteiger partial charge in [-0.15, -0.1) is 0 Å². The van der Waals surface area contributed by atoms with Crippen LogP contribution in [0, 0.1) is 5.92 Å². The summed E-state index contributed by atoms with van der Waals surface area (Å²) < 4.78 is 17.1. The monoisotopic (exact) mass is 257 g/mol. The van der Waals surface area contributed by atoms with Gasteiger partial charge in [-0.25, -0.2) is 0 Å². The molecule has 0 aromatic carbocycles. The topological polar surface area (TPSA) is 53.7 Å². The van der Waals surface area contributed by atoms with E-state index in [9.17, 15) is 0 Å². The van der Waals surface area contributed by atoms with Gasteiger partial charge in [0.1, 0.15) is 0 Å². The van der Waals surface area contributed by atoms with E-state index < -0.39 is 0 Å². The first kappa shape index (κ1) is 14.3. The van der Waals surface area contributed by atoms with Crippen LogP contribution in [0.5, 0.6) is 0 Å². The summed E-state index contributed by atoms with van der Waals surface area (Å²) in [6.45, 7) is 6.59. The third kappa shape index (κ3) is 2.57. The molecular formula is C14H27NO3. The molecule has 106 valence electrons. The molecule has 0 saturated carbocycles. The molecule has 4 unspecified atom stereocenters. The zero-order valence-electron chi connectivity index (χ0n) is 11.9. The summed E-state index contributed by atoms with van der Waals surface area (Å²) >= 11 is 0. The minimum absolute atomic E-state index is 0.0638. The fourth-order valence-electron chi connectivity index (χ4n) is 3.25. The van der Waals surface area contributed by atoms with Gasteiger partial charge in [0.2, 0.25) is 0 Å². The summed E-state index contributed by atoms with van der Waals surface area (Å²) in [6, 6.07) is 0.0638. The van der Waals surface area contributed by atoms with E-state index in [-0.39, 0.29) is 17.2 Å². The average molecular weight is 257 g/mol. The van der Waals surface area contributed by atoms with Crippen molar-refractivity contribution >= 4 is 0 Å². The average Bonchev–Trinajstić information content (AvgIpc) is 2.85. The molecule has 2 fully saturated rings. The van der Waals surface area contributed by atoms with Crippen LogP contribution < -0.4 is 5.73 Å². The van der Waals surface area contributed by atoms with Gasteiger partial charge in [0.25, 0.3) is 0 Å². The summed E-state index contributed by atoms with van der Waals surface area (Å²) in [5.41, 5.74) is 6.18. The molecule has 0 bridgehead atoms. The van der Waals surface area contributed by atoms with Crippen molar-refractivity contribution in [3.63, 3.8) is 0 Å². The minimum atomic E-state index is -0.233. The summed E-state index contributed by atoms with van der Waals surface area (Å²) in [7, 11) is 1.76. The maximum Gasteiger partial charge on any atom is 0.0939 e. The number of ether oxygens (including phenoxy) is 3. The molecule has 18 heavy (non-hydrogen) atoms. The Balaban J connectivity index is 2.04. The van der Waals surface area contributed by atoms with Crippen LogP contribution in [0.1, 0.15) is 39.5 Å². The van der Waals surface area contributed by atoms with Crippen molar-refractivity contribution in [1.29, 1.82) is 0 Å². The predicted molar refractivity (Wildman–Crippen MR) is 70.5 cm³/mol. The largest absolute Gasteiger partial charge is 0.378 e. The molecule has 2 rings (SSSR count). The third-order valence-electron chi connectivity index (χ3n) is 4.98. The number of methoxy groups -OCH3 is 1. The Morgan fingerprint density at radius 2 is 2.28 bits per heavy atom. The molecule has 2 N–H and O–H groups in total. The number of hydrogen-bond donors (Lipinski definition) is 1. The summed E-state index contributed by atoms with van der Waals surface area (Å²) in [5.74, 6) is 0.463. The second-order valence-electron chi connectivity index (χ2n) is 5.98. The molecule has 1 spiro atoms. The lowest BCUT2D eigenvalue weighted by atomic mass is 9.75. The second kappa shape index (κ2) is 5.45. The Kier molecular flexibility index (Phi) is 4.32. The highest BCUT2D eigenvalue weighted by Crippen LogP contribution is 2.39. The van der Waals surface area contributed by atoms with E-state index in [1.54, 1.807) is 7.11 Å². The molecular weight excluding hydrogens is 230 g/mol. The van der Waals surface area contributed by atoms with E-state index in [0.717, 1.165) is 45.5 Å². The van der Waals surface area contributed by atoms with Crippen molar-refractivity contribution in [2.24, 2.45) is 11.7 Å². The van der Waals surface area contributed by atoms with Crippen molar-refractivity contribution in [3.05, 3.63) is 0 Å². The van der Waals surface area contributed by atoms with E-state index in [0.29, 0.717) is 5.92 Å². The van der Waals surface area contributed by atoms with E-state index in [4.69, 9.17) is 19.9 Å². The number of rotatable bonds is 4. The second-order valence-corrected chi connectivity index (χ2v) is 5.98. The van der Waals surface area contributed by atoms with Crippen LogP contribution in [0.3, 0.4) is 0 Å². The van der Waals surface area contributed by atoms with Crippen LogP contribution in [0.25, 0.3) is 0 Å². The summed E-state index contributed by atoms with van der Waals surface area (Å²) in [4.78, 5) is 0. The van der Waals surface area contributed by atoms with Crippen molar-refractivity contribution in [2.75, 3.05) is 26.9 Å². The number of hydrogen-bond acceptors (Lipinski definition) is 4. The smallest absolute Gasteiger partial charge is 0.0939 e. The molecule has 2 saturated heterocycles. The van der Waals surface area contributed by atoms with Gasteiger partial charge in [-0.1, -0.05) is 6.92 Å². The van der Waals surface area contributed by atoms with Gasteiger partial charge in [0, 0.05) is 32.8 Å². The van der Waals surface area contributed by atoms with Gasteiger partial charge >= 0.3 is 0 Å². The van der Waals surface area contributed by atoms with E-state index in [1.807, 2.05) is 0 Å². The van der Waals surface area contributed by atoms with Crippen molar-refractivity contribution in [2.45, 2.75) is 56.8 Å². The standard InChI is InChI=1S/C14H27NO3/c1-4-13(2,16-3)12(15)11-5-7-18-14(9-11)6-8-17-10-14/h11-12H,4-10,15H2,1-3H3. The van der Waals surface area contributed by atoms with Crippen molar-refractivity contribution in [1.82, 2.24) is 0 Å². The zero-order chi connectivity index (χ0) is 13.2. The van der Waals surface area contributed by atoms with E-state index in [1.165, 1.54) is 0 Å². The maximum atomic E-state index is 6.48. The molecule has 0 radical (unpaired) electrons. The highest BCUT2D eigenvalue weighted by Gasteiger charge is 2.45. The fraction of sp³-hybridized carbons (Fsp3) is 1.00. The van der Waals surface area contributed by atoms with Gasteiger partial charge in [0.15, 0.2) is 0 Å². The third-order valence-corrected chi connectivity index (χ3v) is 4.98. The van der Waals surface area contributed by atoms with E-state index in [2.05, 4.69) is 13.8 Å². The highest BCUT2D eigenvalue weighted by atomic mass is 16.6. The van der Waals surface area contributed by atoms with Gasteiger partial charge in [-0.3, -0.25) is 0 Å². The molecule has 2 aliphatic heterocycles. The van der Waals surface area contributed by atoms with Gasteiger partial charge in [-0.05, 0) is 32.1 Å². The van der Waals surface area contributed by atoms with Crippen LogP contribution in [0.2, 0.25) is 0 Å². The SMILES string of the molecule is CCC(C)(OC)C(N)C1CCOC2(CCOC2)C1. The lowest BCUT2D eigenvalue weighted by Crippen LogP contribution is -2.55. The Morgan fingerprint density at radius 3 is 2.83 bits per heavy atom. The molecule has 4 heteroatoms. The molecule has 2 aliphatic rings. The van der Waals surface area contributed by atoms with Crippen LogP contribution in [-0.4, -0.2) is 44.2 Å². The molecule has 2 heterocycles. The van der Waals surface area contributed by atoms with Gasteiger partial charge in [0.05, 0.1) is 17.8 Å². The predicted octanol–water partition coefficient (Wildman–Crippen LogP) is 1.71. The first-order valence-electron chi connectivity index (χ1n) is 7.08. The highest BCUT2D eigenvalue weighted by molar-refractivity contribution is 4.98. The molecule has 0 amide bonds. The Labute approximate surface area is 110 Å². The first-order valence-corrected chi connectivity index (χ1v) is 7.08. The van der Waals surface area contributed by atoms with Crippen LogP contribution in [0.4, 0.5) is 0 Å². The van der Waals surface area contributed by atoms with Crippen LogP contribution in [-0.2, 0) is 14.2 Å². The van der Waals surface area contributed by atoms with Crippen molar-refractivity contribution in [3.8, 4) is 0 Å². The summed E-state index contributed by atoms with van der Waals surface area (Å²) in [6.07, 6.45) is 3.98. The van der Waals surface area contributed by atoms with Gasteiger partial charge < -0.3 is 19.9 Å². The fourth-order valence-corrected chi connectivity index (χ4v) is 3.25. The lowest BCUT2D eigenvalue weighted by molar-refractivity contribution is -0.119.